The molecular weight excluding hydrogens is 536 g/mol. The molecule has 0 spiro atoms. The summed E-state index contributed by atoms with van der Waals surface area (Å²) in [5, 5.41) is 4.63. The van der Waals surface area contributed by atoms with Crippen molar-refractivity contribution in [3.8, 4) is 56.4 Å². The molecule has 0 aliphatic heterocycles. The molecule has 0 atom stereocenters. The first kappa shape index (κ1) is 25.7. The van der Waals surface area contributed by atoms with Gasteiger partial charge in [-0.05, 0) is 50.4 Å². The van der Waals surface area contributed by atoms with Crippen molar-refractivity contribution >= 4 is 21.5 Å². The summed E-state index contributed by atoms with van der Waals surface area (Å²) < 4.78 is 0. The van der Waals surface area contributed by atoms with Crippen LogP contribution < -0.4 is 0 Å². The number of benzene rings is 6. The van der Waals surface area contributed by atoms with E-state index in [9.17, 15) is 0 Å². The van der Waals surface area contributed by atoms with Crippen molar-refractivity contribution in [3.05, 3.63) is 158 Å². The Morgan fingerprint density at radius 1 is 0.295 bits per heavy atom. The Balaban J connectivity index is 1.34. The van der Waals surface area contributed by atoms with Crippen LogP contribution in [0.25, 0.3) is 78.0 Å². The first-order valence-corrected chi connectivity index (χ1v) is 14.6. The Labute approximate surface area is 255 Å². The van der Waals surface area contributed by atoms with Crippen LogP contribution in [0.15, 0.2) is 158 Å². The monoisotopic (exact) mass is 562 g/mol. The van der Waals surface area contributed by atoms with E-state index < -0.39 is 0 Å². The van der Waals surface area contributed by atoms with Crippen molar-refractivity contribution in [2.45, 2.75) is 0 Å². The molecule has 2 heterocycles. The second-order valence-corrected chi connectivity index (χ2v) is 10.7. The summed E-state index contributed by atoms with van der Waals surface area (Å²) in [4.78, 5) is 19.3. The fraction of sp³-hybridized carbons (Fsp3) is 0. The van der Waals surface area contributed by atoms with Crippen LogP contribution in [0, 0.1) is 0 Å². The quantitative estimate of drug-likeness (QED) is 0.209. The van der Waals surface area contributed by atoms with E-state index in [1.807, 2.05) is 79.1 Å². The smallest absolute Gasteiger partial charge is 0.164 e. The molecule has 0 bridgehead atoms. The largest absolute Gasteiger partial charge is 0.264 e. The van der Waals surface area contributed by atoms with Gasteiger partial charge in [0.2, 0.25) is 0 Å². The van der Waals surface area contributed by atoms with Crippen LogP contribution in [0.2, 0.25) is 0 Å². The number of hydrogen-bond donors (Lipinski definition) is 0. The molecule has 8 aromatic rings. The lowest BCUT2D eigenvalue weighted by Crippen LogP contribution is -2.00. The number of fused-ring (bicyclic) bond motifs is 2. The van der Waals surface area contributed by atoms with Gasteiger partial charge in [0.05, 0.1) is 0 Å². The number of rotatable bonds is 5. The first-order valence-electron chi connectivity index (χ1n) is 14.6. The predicted octanol–water partition coefficient (Wildman–Crippen LogP) is 9.91. The maximum Gasteiger partial charge on any atom is 0.164 e. The summed E-state index contributed by atoms with van der Waals surface area (Å²) in [5.41, 5.74) is 7.50. The standard InChI is InChI=1S/C40H26N4/c1-3-12-27(13-4-1)38-42-39(28-14-5-2-6-15-28)44-40(43-38)37-24-23-36(33-19-9-10-20-34(33)37)35-22-21-30(29-16-11-25-41-26-29)31-17-7-8-18-32(31)35/h1-26H. The van der Waals surface area contributed by atoms with Crippen LogP contribution in [0.3, 0.4) is 0 Å². The minimum absolute atomic E-state index is 0.650. The number of pyridine rings is 1. The molecule has 0 saturated carbocycles. The molecule has 4 heteroatoms. The van der Waals surface area contributed by atoms with Gasteiger partial charge in [-0.15, -0.1) is 0 Å². The van der Waals surface area contributed by atoms with E-state index in [0.29, 0.717) is 17.5 Å². The van der Waals surface area contributed by atoms with Gasteiger partial charge in [-0.2, -0.15) is 0 Å². The molecular formula is C40H26N4. The van der Waals surface area contributed by atoms with E-state index in [1.54, 1.807) is 0 Å². The molecule has 4 nitrogen and oxygen atoms in total. The summed E-state index contributed by atoms with van der Waals surface area (Å²) in [6.07, 6.45) is 3.74. The van der Waals surface area contributed by atoms with Gasteiger partial charge in [0.25, 0.3) is 0 Å². The Hall–Kier alpha value is -6.00. The zero-order valence-corrected chi connectivity index (χ0v) is 23.8. The van der Waals surface area contributed by atoms with Gasteiger partial charge >= 0.3 is 0 Å². The fourth-order valence-electron chi connectivity index (χ4n) is 5.97. The van der Waals surface area contributed by atoms with Crippen LogP contribution in [0.5, 0.6) is 0 Å². The minimum atomic E-state index is 0.650. The topological polar surface area (TPSA) is 51.6 Å². The van der Waals surface area contributed by atoms with Gasteiger partial charge in [0.1, 0.15) is 0 Å². The van der Waals surface area contributed by atoms with Crippen molar-refractivity contribution < 1.29 is 0 Å². The summed E-state index contributed by atoms with van der Waals surface area (Å²) in [5.74, 6) is 1.96. The van der Waals surface area contributed by atoms with E-state index >= 15 is 0 Å². The average molecular weight is 563 g/mol. The molecule has 8 rings (SSSR count). The van der Waals surface area contributed by atoms with Crippen molar-refractivity contribution in [1.82, 2.24) is 19.9 Å². The molecule has 44 heavy (non-hydrogen) atoms. The molecule has 0 aliphatic rings. The summed E-state index contributed by atoms with van der Waals surface area (Å²) in [6.45, 7) is 0. The van der Waals surface area contributed by atoms with Crippen molar-refractivity contribution in [1.29, 1.82) is 0 Å². The average Bonchev–Trinajstić information content (AvgIpc) is 3.12. The molecule has 2 aromatic heterocycles. The van der Waals surface area contributed by atoms with Crippen molar-refractivity contribution in [2.75, 3.05) is 0 Å². The highest BCUT2D eigenvalue weighted by molar-refractivity contribution is 6.11. The van der Waals surface area contributed by atoms with Crippen LogP contribution >= 0.6 is 0 Å². The molecule has 6 aromatic carbocycles. The molecule has 0 saturated heterocycles. The fourth-order valence-corrected chi connectivity index (χ4v) is 5.97. The lowest BCUT2D eigenvalue weighted by molar-refractivity contribution is 1.08. The zero-order valence-electron chi connectivity index (χ0n) is 23.8. The Morgan fingerprint density at radius 2 is 0.705 bits per heavy atom. The zero-order chi connectivity index (χ0) is 29.3. The van der Waals surface area contributed by atoms with E-state index in [1.165, 1.54) is 27.5 Å². The van der Waals surface area contributed by atoms with Crippen molar-refractivity contribution in [3.63, 3.8) is 0 Å². The third-order valence-electron chi connectivity index (χ3n) is 8.05. The van der Waals surface area contributed by atoms with E-state index in [0.717, 1.165) is 33.0 Å². The Morgan fingerprint density at radius 3 is 1.23 bits per heavy atom. The molecule has 0 radical (unpaired) electrons. The Kier molecular flexibility index (Phi) is 6.43. The van der Waals surface area contributed by atoms with Gasteiger partial charge in [-0.1, -0.05) is 133 Å². The molecule has 0 aliphatic carbocycles. The normalized spacial score (nSPS) is 11.2. The van der Waals surface area contributed by atoms with Gasteiger partial charge in [0, 0.05) is 34.6 Å². The van der Waals surface area contributed by atoms with E-state index in [-0.39, 0.29) is 0 Å². The highest BCUT2D eigenvalue weighted by Gasteiger charge is 2.17. The highest BCUT2D eigenvalue weighted by Crippen LogP contribution is 2.40. The van der Waals surface area contributed by atoms with Crippen LogP contribution in [-0.2, 0) is 0 Å². The SMILES string of the molecule is c1ccc(-c2nc(-c3ccccc3)nc(-c3ccc(-c4ccc(-c5cccnc5)c5ccccc45)c4ccccc34)n2)cc1. The van der Waals surface area contributed by atoms with E-state index in [2.05, 4.69) is 83.8 Å². The van der Waals surface area contributed by atoms with Gasteiger partial charge in [0.15, 0.2) is 17.5 Å². The van der Waals surface area contributed by atoms with Crippen molar-refractivity contribution in [2.24, 2.45) is 0 Å². The van der Waals surface area contributed by atoms with Crippen LogP contribution in [0.4, 0.5) is 0 Å². The number of aromatic nitrogens is 4. The summed E-state index contributed by atoms with van der Waals surface area (Å²) >= 11 is 0. The molecule has 0 N–H and O–H groups in total. The lowest BCUT2D eigenvalue weighted by atomic mass is 9.89. The summed E-state index contributed by atoms with van der Waals surface area (Å²) in [6, 6.07) is 50.2. The minimum Gasteiger partial charge on any atom is -0.264 e. The lowest BCUT2D eigenvalue weighted by Gasteiger charge is -2.16. The maximum absolute atomic E-state index is 5.02. The van der Waals surface area contributed by atoms with Gasteiger partial charge in [-0.3, -0.25) is 4.98 Å². The molecule has 0 fully saturated rings. The number of hydrogen-bond acceptors (Lipinski definition) is 4. The molecule has 0 unspecified atom stereocenters. The second kappa shape index (κ2) is 11.0. The Bertz CT molecular complexity index is 2210. The van der Waals surface area contributed by atoms with Gasteiger partial charge < -0.3 is 0 Å². The van der Waals surface area contributed by atoms with Crippen LogP contribution in [0.1, 0.15) is 0 Å². The second-order valence-electron chi connectivity index (χ2n) is 10.7. The summed E-state index contributed by atoms with van der Waals surface area (Å²) in [7, 11) is 0. The van der Waals surface area contributed by atoms with Gasteiger partial charge in [-0.25, -0.2) is 15.0 Å². The highest BCUT2D eigenvalue weighted by atomic mass is 15.0. The first-order chi connectivity index (χ1) is 21.8. The third kappa shape index (κ3) is 4.59. The molecule has 0 amide bonds. The van der Waals surface area contributed by atoms with Crippen LogP contribution in [-0.4, -0.2) is 19.9 Å². The predicted molar refractivity (Wildman–Crippen MR) is 180 cm³/mol. The van der Waals surface area contributed by atoms with E-state index in [4.69, 9.17) is 15.0 Å². The third-order valence-corrected chi connectivity index (χ3v) is 8.05. The molecule has 206 valence electrons. The number of nitrogens with zero attached hydrogens (tertiary/aromatic N) is 4. The maximum atomic E-state index is 5.02.